The van der Waals surface area contributed by atoms with Gasteiger partial charge in [-0.1, -0.05) is 12.1 Å². The molecule has 0 bridgehead atoms. The Morgan fingerprint density at radius 2 is 1.76 bits per heavy atom. The second-order valence-electron chi connectivity index (χ2n) is 9.84. The van der Waals surface area contributed by atoms with Gasteiger partial charge in [-0.3, -0.25) is 4.79 Å². The van der Waals surface area contributed by atoms with Crippen LogP contribution in [0, 0.1) is 5.82 Å². The van der Waals surface area contributed by atoms with Gasteiger partial charge in [0.2, 0.25) is 0 Å². The van der Waals surface area contributed by atoms with Crippen molar-refractivity contribution < 1.29 is 13.9 Å². The third-order valence-corrected chi connectivity index (χ3v) is 7.36. The summed E-state index contributed by atoms with van der Waals surface area (Å²) in [4.78, 5) is 22.4. The van der Waals surface area contributed by atoms with Crippen LogP contribution in [0.25, 0.3) is 22.4 Å². The number of imidazole rings is 1. The number of carbonyl (C=O) groups excluding carboxylic acids is 1. The van der Waals surface area contributed by atoms with Crippen LogP contribution in [-0.4, -0.2) is 53.6 Å². The van der Waals surface area contributed by atoms with Crippen LogP contribution < -0.4 is 15.4 Å². The van der Waals surface area contributed by atoms with Crippen LogP contribution in [0.2, 0.25) is 0 Å². The van der Waals surface area contributed by atoms with Gasteiger partial charge in [0.1, 0.15) is 17.4 Å². The highest BCUT2D eigenvalue weighted by atomic mass is 19.1. The highest BCUT2D eigenvalue weighted by Crippen LogP contribution is 2.33. The molecule has 0 spiro atoms. The van der Waals surface area contributed by atoms with Gasteiger partial charge in [0, 0.05) is 48.7 Å². The van der Waals surface area contributed by atoms with Crippen LogP contribution in [0.3, 0.4) is 0 Å². The highest BCUT2D eigenvalue weighted by molar-refractivity contribution is 5.98. The third-order valence-electron chi connectivity index (χ3n) is 7.36. The lowest BCUT2D eigenvalue weighted by Gasteiger charge is -2.36. The van der Waals surface area contributed by atoms with Crippen molar-refractivity contribution in [3.05, 3.63) is 89.4 Å². The van der Waals surface area contributed by atoms with Gasteiger partial charge in [-0.05, 0) is 73.0 Å². The maximum absolute atomic E-state index is 13.4. The Hall–Kier alpha value is -4.33. The first-order chi connectivity index (χ1) is 18.5. The number of methoxy groups -OCH3 is 1. The smallest absolute Gasteiger partial charge is 0.254 e. The lowest BCUT2D eigenvalue weighted by Crippen LogP contribution is -2.48. The van der Waals surface area contributed by atoms with Crippen LogP contribution in [-0.2, 0) is 6.54 Å². The number of allylic oxidation sites excluding steroid dienone is 2. The molecule has 2 fully saturated rings. The monoisotopic (exact) mass is 511 g/mol. The van der Waals surface area contributed by atoms with Crippen molar-refractivity contribution in [2.45, 2.75) is 19.4 Å². The van der Waals surface area contributed by atoms with Gasteiger partial charge in [-0.2, -0.15) is 0 Å². The Morgan fingerprint density at radius 1 is 1.00 bits per heavy atom. The molecule has 0 unspecified atom stereocenters. The van der Waals surface area contributed by atoms with Gasteiger partial charge in [0.05, 0.1) is 24.7 Å². The zero-order chi connectivity index (χ0) is 26.2. The highest BCUT2D eigenvalue weighted by Gasteiger charge is 2.24. The summed E-state index contributed by atoms with van der Waals surface area (Å²) in [7, 11) is 1.65. The minimum Gasteiger partial charge on any atom is -0.497 e. The van der Waals surface area contributed by atoms with E-state index in [0.717, 1.165) is 52.4 Å². The van der Waals surface area contributed by atoms with Crippen LogP contribution in [0.1, 0.15) is 23.2 Å². The SMILES string of the molecule is COc1cccc(-c2nc3cc(C(=O)N4CCN(c5ccc(F)cc5)CC4)ccc3n2CC(N)=C2CC2)c1. The molecule has 1 saturated carbocycles. The third kappa shape index (κ3) is 4.69. The first-order valence-electron chi connectivity index (χ1n) is 12.9. The molecule has 8 heteroatoms. The molecule has 3 aromatic carbocycles. The lowest BCUT2D eigenvalue weighted by molar-refractivity contribution is 0.0747. The predicted molar refractivity (Wildman–Crippen MR) is 147 cm³/mol. The van der Waals surface area contributed by atoms with E-state index >= 15 is 0 Å². The Labute approximate surface area is 220 Å². The van der Waals surface area contributed by atoms with Gasteiger partial charge in [0.15, 0.2) is 0 Å². The summed E-state index contributed by atoms with van der Waals surface area (Å²) in [5, 5.41) is 0. The molecule has 1 aromatic heterocycles. The topological polar surface area (TPSA) is 76.6 Å². The number of hydrogen-bond acceptors (Lipinski definition) is 5. The van der Waals surface area contributed by atoms with E-state index in [1.165, 1.54) is 17.7 Å². The number of piperazine rings is 1. The second-order valence-corrected chi connectivity index (χ2v) is 9.84. The lowest BCUT2D eigenvalue weighted by atomic mass is 10.1. The molecule has 1 amide bonds. The number of ether oxygens (including phenoxy) is 1. The van der Waals surface area contributed by atoms with Gasteiger partial charge >= 0.3 is 0 Å². The number of rotatable bonds is 6. The minimum absolute atomic E-state index is 0.0113. The number of hydrogen-bond donors (Lipinski definition) is 1. The average molecular weight is 512 g/mol. The molecule has 0 radical (unpaired) electrons. The fraction of sp³-hybridized carbons (Fsp3) is 0.267. The molecule has 0 atom stereocenters. The van der Waals surface area contributed by atoms with E-state index in [-0.39, 0.29) is 11.7 Å². The number of fused-ring (bicyclic) bond motifs is 1. The number of nitrogens with two attached hydrogens (primary N) is 1. The molecule has 7 nitrogen and oxygen atoms in total. The van der Waals surface area contributed by atoms with E-state index in [1.54, 1.807) is 19.2 Å². The summed E-state index contributed by atoms with van der Waals surface area (Å²) >= 11 is 0. The van der Waals surface area contributed by atoms with Crippen molar-refractivity contribution in [1.29, 1.82) is 0 Å². The molecular weight excluding hydrogens is 481 g/mol. The molecule has 2 N–H and O–H groups in total. The van der Waals surface area contributed by atoms with Crippen molar-refractivity contribution >= 4 is 22.6 Å². The van der Waals surface area contributed by atoms with Crippen molar-refractivity contribution in [3.63, 3.8) is 0 Å². The van der Waals surface area contributed by atoms with Crippen molar-refractivity contribution in [1.82, 2.24) is 14.5 Å². The van der Waals surface area contributed by atoms with E-state index in [0.29, 0.717) is 38.3 Å². The standard InChI is InChI=1S/C30H30FN5O2/c1-38-25-4-2-3-21(17-25)29-33-27-18-22(7-12-28(27)36(29)19-26(32)20-5-6-20)30(37)35-15-13-34(14-16-35)24-10-8-23(31)9-11-24/h2-4,7-12,17-18H,5-6,13-16,19,32H2,1H3. The molecule has 1 saturated heterocycles. The van der Waals surface area contributed by atoms with Crippen molar-refractivity contribution in [2.24, 2.45) is 5.73 Å². The fourth-order valence-corrected chi connectivity index (χ4v) is 5.07. The number of halogens is 1. The number of aromatic nitrogens is 2. The van der Waals surface area contributed by atoms with E-state index in [4.69, 9.17) is 15.5 Å². The maximum atomic E-state index is 13.4. The number of amides is 1. The summed E-state index contributed by atoms with van der Waals surface area (Å²) in [6, 6.07) is 20.1. The molecule has 1 aliphatic carbocycles. The van der Waals surface area contributed by atoms with Gasteiger partial charge in [0.25, 0.3) is 5.91 Å². The first kappa shape index (κ1) is 24.0. The molecule has 1 aliphatic heterocycles. The van der Waals surface area contributed by atoms with Crippen LogP contribution >= 0.6 is 0 Å². The van der Waals surface area contributed by atoms with Crippen LogP contribution in [0.4, 0.5) is 10.1 Å². The van der Waals surface area contributed by atoms with Crippen LogP contribution in [0.5, 0.6) is 5.75 Å². The largest absolute Gasteiger partial charge is 0.497 e. The van der Waals surface area contributed by atoms with Crippen LogP contribution in [0.15, 0.2) is 78.0 Å². The molecule has 4 aromatic rings. The summed E-state index contributed by atoms with van der Waals surface area (Å²) < 4.78 is 20.8. The molecule has 2 aliphatic rings. The zero-order valence-corrected chi connectivity index (χ0v) is 21.4. The fourth-order valence-electron chi connectivity index (χ4n) is 5.07. The minimum atomic E-state index is -0.248. The Balaban J connectivity index is 1.27. The summed E-state index contributed by atoms with van der Waals surface area (Å²) in [5.41, 5.74) is 12.8. The van der Waals surface area contributed by atoms with Gasteiger partial charge < -0.3 is 24.8 Å². The van der Waals surface area contributed by atoms with Gasteiger partial charge in [-0.25, -0.2) is 9.37 Å². The van der Waals surface area contributed by atoms with E-state index < -0.39 is 0 Å². The van der Waals surface area contributed by atoms with E-state index in [2.05, 4.69) is 9.47 Å². The molecule has 6 rings (SSSR count). The Morgan fingerprint density at radius 3 is 2.47 bits per heavy atom. The first-order valence-corrected chi connectivity index (χ1v) is 12.9. The predicted octanol–water partition coefficient (Wildman–Crippen LogP) is 4.82. The zero-order valence-electron chi connectivity index (χ0n) is 21.4. The Bertz CT molecular complexity index is 1530. The molecule has 38 heavy (non-hydrogen) atoms. The summed E-state index contributed by atoms with van der Waals surface area (Å²) in [6.45, 7) is 3.14. The van der Waals surface area contributed by atoms with E-state index in [9.17, 15) is 9.18 Å². The normalized spacial score (nSPS) is 15.2. The van der Waals surface area contributed by atoms with Crippen molar-refractivity contribution in [2.75, 3.05) is 38.2 Å². The quantitative estimate of drug-likeness (QED) is 0.402. The summed E-state index contributed by atoms with van der Waals surface area (Å²) in [6.07, 6.45) is 2.11. The van der Waals surface area contributed by atoms with E-state index in [1.807, 2.05) is 47.4 Å². The molecule has 2 heterocycles. The number of carbonyl (C=O) groups is 1. The molecular formula is C30H30FN5O2. The van der Waals surface area contributed by atoms with Gasteiger partial charge in [-0.15, -0.1) is 0 Å². The molecule has 194 valence electrons. The number of anilines is 1. The maximum Gasteiger partial charge on any atom is 0.254 e. The summed E-state index contributed by atoms with van der Waals surface area (Å²) in [5.74, 6) is 1.29. The number of benzene rings is 3. The number of nitrogens with zero attached hydrogens (tertiary/aromatic N) is 4. The average Bonchev–Trinajstić information content (AvgIpc) is 3.75. The second kappa shape index (κ2) is 9.85. The Kier molecular flexibility index (Phi) is 6.23. The van der Waals surface area contributed by atoms with Crippen molar-refractivity contribution in [3.8, 4) is 17.1 Å².